The topological polar surface area (TPSA) is 59.5 Å². The van der Waals surface area contributed by atoms with E-state index in [1.54, 1.807) is 24.5 Å². The molecule has 0 bridgehead atoms. The van der Waals surface area contributed by atoms with E-state index in [9.17, 15) is 9.59 Å². The number of nitrogens with zero attached hydrogens (tertiary/aromatic N) is 2. The lowest BCUT2D eigenvalue weighted by Crippen LogP contribution is -2.37. The van der Waals surface area contributed by atoms with Crippen LogP contribution >= 0.6 is 0 Å². The summed E-state index contributed by atoms with van der Waals surface area (Å²) in [4.78, 5) is 28.7. The van der Waals surface area contributed by atoms with Gasteiger partial charge in [0.25, 0.3) is 0 Å². The molecule has 98 valence electrons. The van der Waals surface area contributed by atoms with Gasteiger partial charge in [-0.2, -0.15) is 0 Å². The lowest BCUT2D eigenvalue weighted by Gasteiger charge is -2.20. The Morgan fingerprint density at radius 2 is 2.00 bits per heavy atom. The van der Waals surface area contributed by atoms with Crippen LogP contribution in [0.25, 0.3) is 0 Å². The van der Waals surface area contributed by atoms with Gasteiger partial charge >= 0.3 is 5.97 Å². The molecule has 1 rings (SSSR count). The highest BCUT2D eigenvalue weighted by molar-refractivity contribution is 5.83. The van der Waals surface area contributed by atoms with Gasteiger partial charge in [0.15, 0.2) is 0 Å². The minimum absolute atomic E-state index is 0.00819. The molecule has 0 N–H and O–H groups in total. The summed E-state index contributed by atoms with van der Waals surface area (Å²) in [6.07, 6.45) is 4.37. The molecule has 0 unspecified atom stereocenters. The minimum Gasteiger partial charge on any atom is -0.468 e. The first kappa shape index (κ1) is 14.2. The zero-order valence-corrected chi connectivity index (χ0v) is 10.8. The molecule has 0 saturated heterocycles. The van der Waals surface area contributed by atoms with Gasteiger partial charge in [-0.15, -0.1) is 0 Å². The summed E-state index contributed by atoms with van der Waals surface area (Å²) in [5.41, 5.74) is 0.890. The van der Waals surface area contributed by atoms with Gasteiger partial charge in [0.1, 0.15) is 6.54 Å². The second-order valence-corrected chi connectivity index (χ2v) is 3.92. The molecule has 0 aliphatic rings. The number of hydrogen-bond donors (Lipinski definition) is 0. The van der Waals surface area contributed by atoms with E-state index < -0.39 is 5.97 Å². The molecule has 1 heterocycles. The smallest absolute Gasteiger partial charge is 0.325 e. The quantitative estimate of drug-likeness (QED) is 0.708. The monoisotopic (exact) mass is 250 g/mol. The zero-order chi connectivity index (χ0) is 13.4. The fraction of sp³-hybridized carbons (Fsp3) is 0.462. The molecule has 0 aliphatic heterocycles. The highest BCUT2D eigenvalue weighted by atomic mass is 16.5. The molecule has 1 amide bonds. The number of hydrogen-bond acceptors (Lipinski definition) is 4. The number of amides is 1. The van der Waals surface area contributed by atoms with Crippen LogP contribution in [0.1, 0.15) is 18.9 Å². The van der Waals surface area contributed by atoms with Gasteiger partial charge in [-0.3, -0.25) is 14.6 Å². The standard InChI is InChI=1S/C13H18N2O3/c1-3-8-15(10-13(17)18-2)12(16)9-11-4-6-14-7-5-11/h4-7H,3,8-10H2,1-2H3. The maximum absolute atomic E-state index is 12.1. The fourth-order valence-corrected chi connectivity index (χ4v) is 1.57. The summed E-state index contributed by atoms with van der Waals surface area (Å²) in [7, 11) is 1.32. The Kier molecular flexibility index (Phi) is 5.84. The van der Waals surface area contributed by atoms with Gasteiger partial charge in [0.2, 0.25) is 5.91 Å². The van der Waals surface area contributed by atoms with Crippen molar-refractivity contribution in [2.45, 2.75) is 19.8 Å². The Morgan fingerprint density at radius 3 is 2.56 bits per heavy atom. The molecule has 5 heteroatoms. The van der Waals surface area contributed by atoms with Crippen molar-refractivity contribution in [2.75, 3.05) is 20.2 Å². The number of rotatable bonds is 6. The van der Waals surface area contributed by atoms with E-state index in [0.717, 1.165) is 12.0 Å². The van der Waals surface area contributed by atoms with Crippen molar-refractivity contribution >= 4 is 11.9 Å². The van der Waals surface area contributed by atoms with Crippen LogP contribution in [0, 0.1) is 0 Å². The van der Waals surface area contributed by atoms with Crippen molar-refractivity contribution in [1.82, 2.24) is 9.88 Å². The van der Waals surface area contributed by atoms with Crippen LogP contribution in [0.5, 0.6) is 0 Å². The van der Waals surface area contributed by atoms with Crippen LogP contribution in [-0.4, -0.2) is 42.0 Å². The number of carbonyl (C=O) groups excluding carboxylic acids is 2. The predicted octanol–water partition coefficient (Wildman–Crippen LogP) is 1.04. The van der Waals surface area contributed by atoms with Crippen LogP contribution in [0.4, 0.5) is 0 Å². The third-order valence-corrected chi connectivity index (χ3v) is 2.50. The molecular weight excluding hydrogens is 232 g/mol. The average molecular weight is 250 g/mol. The van der Waals surface area contributed by atoms with Crippen LogP contribution in [-0.2, 0) is 20.7 Å². The normalized spacial score (nSPS) is 9.89. The third kappa shape index (κ3) is 4.53. The first-order chi connectivity index (χ1) is 8.67. The van der Waals surface area contributed by atoms with Gasteiger partial charge in [-0.1, -0.05) is 6.92 Å². The van der Waals surface area contributed by atoms with Crippen molar-refractivity contribution in [3.63, 3.8) is 0 Å². The fourth-order valence-electron chi connectivity index (χ4n) is 1.57. The molecular formula is C13H18N2O3. The third-order valence-electron chi connectivity index (χ3n) is 2.50. The lowest BCUT2D eigenvalue weighted by molar-refractivity contribution is -0.146. The number of aromatic nitrogens is 1. The summed E-state index contributed by atoms with van der Waals surface area (Å²) < 4.78 is 4.58. The molecule has 18 heavy (non-hydrogen) atoms. The molecule has 0 atom stereocenters. The van der Waals surface area contributed by atoms with Crippen molar-refractivity contribution in [3.05, 3.63) is 30.1 Å². The predicted molar refractivity (Wildman–Crippen MR) is 66.8 cm³/mol. The zero-order valence-electron chi connectivity index (χ0n) is 10.8. The van der Waals surface area contributed by atoms with Gasteiger partial charge in [-0.05, 0) is 24.1 Å². The van der Waals surface area contributed by atoms with Gasteiger partial charge in [0.05, 0.1) is 13.5 Å². The second kappa shape index (κ2) is 7.42. The van der Waals surface area contributed by atoms with Crippen LogP contribution in [0.2, 0.25) is 0 Å². The molecule has 0 aromatic carbocycles. The Morgan fingerprint density at radius 1 is 1.33 bits per heavy atom. The molecule has 1 aromatic heterocycles. The number of carbonyl (C=O) groups is 2. The highest BCUT2D eigenvalue weighted by Gasteiger charge is 2.16. The Labute approximate surface area is 107 Å². The summed E-state index contributed by atoms with van der Waals surface area (Å²) in [5, 5.41) is 0. The van der Waals surface area contributed by atoms with Gasteiger partial charge in [0, 0.05) is 18.9 Å². The lowest BCUT2D eigenvalue weighted by atomic mass is 10.2. The molecule has 5 nitrogen and oxygen atoms in total. The first-order valence-electron chi connectivity index (χ1n) is 5.90. The van der Waals surface area contributed by atoms with E-state index in [2.05, 4.69) is 9.72 Å². The summed E-state index contributed by atoms with van der Waals surface area (Å²) in [5.74, 6) is -0.472. The van der Waals surface area contributed by atoms with E-state index in [0.29, 0.717) is 6.54 Å². The van der Waals surface area contributed by atoms with E-state index in [4.69, 9.17) is 0 Å². The molecule has 0 fully saturated rings. The molecule has 1 aromatic rings. The summed E-state index contributed by atoms with van der Waals surface area (Å²) in [6, 6.07) is 3.58. The van der Waals surface area contributed by atoms with Crippen molar-refractivity contribution in [1.29, 1.82) is 0 Å². The molecule has 0 radical (unpaired) electrons. The van der Waals surface area contributed by atoms with Crippen LogP contribution < -0.4 is 0 Å². The number of pyridine rings is 1. The van der Waals surface area contributed by atoms with Crippen molar-refractivity contribution in [2.24, 2.45) is 0 Å². The number of esters is 1. The van der Waals surface area contributed by atoms with E-state index in [1.165, 1.54) is 12.0 Å². The number of methoxy groups -OCH3 is 1. The Bertz CT molecular complexity index is 392. The Balaban J connectivity index is 2.62. The number of ether oxygens (including phenoxy) is 1. The minimum atomic E-state index is -0.397. The Hall–Kier alpha value is -1.91. The van der Waals surface area contributed by atoms with Crippen LogP contribution in [0.15, 0.2) is 24.5 Å². The summed E-state index contributed by atoms with van der Waals surface area (Å²) >= 11 is 0. The van der Waals surface area contributed by atoms with Crippen molar-refractivity contribution < 1.29 is 14.3 Å². The maximum atomic E-state index is 12.1. The summed E-state index contributed by atoms with van der Waals surface area (Å²) in [6.45, 7) is 2.53. The van der Waals surface area contributed by atoms with Crippen LogP contribution in [0.3, 0.4) is 0 Å². The molecule has 0 saturated carbocycles. The van der Waals surface area contributed by atoms with Gasteiger partial charge < -0.3 is 9.64 Å². The highest BCUT2D eigenvalue weighted by Crippen LogP contribution is 2.03. The maximum Gasteiger partial charge on any atom is 0.325 e. The first-order valence-corrected chi connectivity index (χ1v) is 5.90. The van der Waals surface area contributed by atoms with Crippen molar-refractivity contribution in [3.8, 4) is 0 Å². The SMILES string of the molecule is CCCN(CC(=O)OC)C(=O)Cc1ccncc1. The average Bonchev–Trinajstić information content (AvgIpc) is 2.39. The molecule has 0 spiro atoms. The van der Waals surface area contributed by atoms with Gasteiger partial charge in [-0.25, -0.2) is 0 Å². The second-order valence-electron chi connectivity index (χ2n) is 3.92. The van der Waals surface area contributed by atoms with E-state index in [1.807, 2.05) is 6.92 Å². The van der Waals surface area contributed by atoms with E-state index >= 15 is 0 Å². The largest absolute Gasteiger partial charge is 0.468 e. The molecule has 0 aliphatic carbocycles. The van der Waals surface area contributed by atoms with E-state index in [-0.39, 0.29) is 18.9 Å².